The van der Waals surface area contributed by atoms with Gasteiger partial charge in [-0.25, -0.2) is 9.50 Å². The van der Waals surface area contributed by atoms with Gasteiger partial charge in [0.2, 0.25) is 5.95 Å². The van der Waals surface area contributed by atoms with Crippen molar-refractivity contribution in [1.82, 2.24) is 24.1 Å². The molecule has 1 atom stereocenters. The molecular weight excluding hydrogens is 449 g/mol. The molecule has 34 heavy (non-hydrogen) atoms. The molecule has 0 radical (unpaired) electrons. The molecule has 1 aliphatic heterocycles. The van der Waals surface area contributed by atoms with Crippen LogP contribution in [0.3, 0.4) is 0 Å². The van der Waals surface area contributed by atoms with Crippen molar-refractivity contribution >= 4 is 17.3 Å². The largest absolute Gasteiger partial charge is 0.418 e. The molecule has 9 nitrogen and oxygen atoms in total. The van der Waals surface area contributed by atoms with E-state index in [0.29, 0.717) is 30.2 Å². The molecule has 0 saturated carbocycles. The molecule has 1 aliphatic rings. The van der Waals surface area contributed by atoms with Crippen molar-refractivity contribution < 1.29 is 13.2 Å². The maximum Gasteiger partial charge on any atom is 0.418 e. The molecule has 172 valence electrons. The van der Waals surface area contributed by atoms with Gasteiger partial charge in [0.1, 0.15) is 17.1 Å². The molecule has 0 spiro atoms. The number of aromatic nitrogens is 5. The SMILES string of the molecule is Cc1nc(N)nc(N2CC[C@H]2c2nn3ccc(C(F)(F)F)c3c(=O)n2-c2ccccc2)c1C#N. The van der Waals surface area contributed by atoms with Crippen LogP contribution in [0.25, 0.3) is 11.2 Å². The van der Waals surface area contributed by atoms with Crippen molar-refractivity contribution in [2.24, 2.45) is 0 Å². The number of hydrogen-bond acceptors (Lipinski definition) is 7. The Kier molecular flexibility index (Phi) is 4.78. The summed E-state index contributed by atoms with van der Waals surface area (Å²) in [6.07, 6.45) is -3.06. The molecule has 0 unspecified atom stereocenters. The first-order chi connectivity index (χ1) is 16.2. The standard InChI is InChI=1S/C22H17F3N8O/c1-12-14(11-26)18(29-21(27)28-12)31-9-8-16(31)19-30-32-10-7-15(22(23,24)25)17(32)20(34)33(19)13-5-3-2-4-6-13/h2-7,10,16H,8-9H2,1H3,(H2,27,28,29)/t16-/m0/s1. The second kappa shape index (κ2) is 7.58. The Bertz CT molecular complexity index is 1520. The lowest BCUT2D eigenvalue weighted by Crippen LogP contribution is -2.45. The molecule has 0 aliphatic carbocycles. The number of anilines is 2. The van der Waals surface area contributed by atoms with Gasteiger partial charge in [-0.3, -0.25) is 9.36 Å². The van der Waals surface area contributed by atoms with Gasteiger partial charge in [-0.2, -0.15) is 28.5 Å². The van der Waals surface area contributed by atoms with Gasteiger partial charge < -0.3 is 10.6 Å². The fourth-order valence-electron chi connectivity index (χ4n) is 4.18. The van der Waals surface area contributed by atoms with Crippen LogP contribution >= 0.6 is 0 Å². The van der Waals surface area contributed by atoms with Crippen molar-refractivity contribution in [2.75, 3.05) is 17.2 Å². The molecule has 2 N–H and O–H groups in total. The lowest BCUT2D eigenvalue weighted by molar-refractivity contribution is -0.136. The molecule has 1 saturated heterocycles. The fraction of sp³-hybridized carbons (Fsp3) is 0.227. The van der Waals surface area contributed by atoms with E-state index in [1.54, 1.807) is 42.2 Å². The molecule has 0 bridgehead atoms. The number of halogens is 3. The normalized spacial score (nSPS) is 15.9. The maximum atomic E-state index is 13.6. The summed E-state index contributed by atoms with van der Waals surface area (Å²) in [5.41, 5.74) is 4.34. The Hall–Kier alpha value is -4.40. The van der Waals surface area contributed by atoms with Gasteiger partial charge in [-0.15, -0.1) is 0 Å². The van der Waals surface area contributed by atoms with Crippen molar-refractivity contribution in [3.8, 4) is 11.8 Å². The maximum absolute atomic E-state index is 13.6. The second-order valence-electron chi connectivity index (χ2n) is 7.83. The quantitative estimate of drug-likeness (QED) is 0.493. The summed E-state index contributed by atoms with van der Waals surface area (Å²) in [5.74, 6) is 0.500. The highest BCUT2D eigenvalue weighted by molar-refractivity contribution is 5.61. The Morgan fingerprint density at radius 1 is 1.18 bits per heavy atom. The molecule has 0 amide bonds. The number of rotatable bonds is 3. The highest BCUT2D eigenvalue weighted by Gasteiger charge is 2.39. The Morgan fingerprint density at radius 2 is 1.91 bits per heavy atom. The number of nitrogens with two attached hydrogens (primary N) is 1. The average molecular weight is 466 g/mol. The second-order valence-corrected chi connectivity index (χ2v) is 7.83. The van der Waals surface area contributed by atoms with Gasteiger partial charge >= 0.3 is 6.18 Å². The van der Waals surface area contributed by atoms with Crippen molar-refractivity contribution in [3.63, 3.8) is 0 Å². The summed E-state index contributed by atoms with van der Waals surface area (Å²) in [6.45, 7) is 2.12. The minimum Gasteiger partial charge on any atom is -0.368 e. The number of nitriles is 1. The zero-order valence-electron chi connectivity index (χ0n) is 17.8. The number of aryl methyl sites for hydroxylation is 1. The topological polar surface area (TPSA) is 118 Å². The first kappa shape index (κ1) is 21.4. The highest BCUT2D eigenvalue weighted by atomic mass is 19.4. The van der Waals surface area contributed by atoms with Crippen LogP contribution in [-0.2, 0) is 6.18 Å². The van der Waals surface area contributed by atoms with E-state index >= 15 is 0 Å². The van der Waals surface area contributed by atoms with E-state index in [-0.39, 0.29) is 17.3 Å². The summed E-state index contributed by atoms with van der Waals surface area (Å²) in [7, 11) is 0. The number of nitrogens with zero attached hydrogens (tertiary/aromatic N) is 7. The van der Waals surface area contributed by atoms with Crippen LogP contribution < -0.4 is 16.2 Å². The number of alkyl halides is 3. The minimum absolute atomic E-state index is 0.0127. The van der Waals surface area contributed by atoms with Gasteiger partial charge in [-0.1, -0.05) is 18.2 Å². The van der Waals surface area contributed by atoms with Crippen molar-refractivity contribution in [1.29, 1.82) is 5.26 Å². The Morgan fingerprint density at radius 3 is 2.53 bits per heavy atom. The number of benzene rings is 1. The lowest BCUT2D eigenvalue weighted by Gasteiger charge is -2.42. The third-order valence-electron chi connectivity index (χ3n) is 5.82. The monoisotopic (exact) mass is 466 g/mol. The molecular formula is C22H17F3N8O. The Balaban J connectivity index is 1.75. The number of hydrogen-bond donors (Lipinski definition) is 1. The van der Waals surface area contributed by atoms with Crippen LogP contribution in [0.2, 0.25) is 0 Å². The predicted molar refractivity (Wildman–Crippen MR) is 116 cm³/mol. The third-order valence-corrected chi connectivity index (χ3v) is 5.82. The predicted octanol–water partition coefficient (Wildman–Crippen LogP) is 3.01. The zero-order valence-corrected chi connectivity index (χ0v) is 17.8. The van der Waals surface area contributed by atoms with E-state index in [4.69, 9.17) is 5.73 Å². The summed E-state index contributed by atoms with van der Waals surface area (Å²) in [6, 6.07) is 10.7. The smallest absolute Gasteiger partial charge is 0.368 e. The fourth-order valence-corrected chi connectivity index (χ4v) is 4.18. The number of para-hydroxylation sites is 1. The molecule has 1 aromatic carbocycles. The van der Waals surface area contributed by atoms with Crippen LogP contribution in [-0.4, -0.2) is 30.7 Å². The van der Waals surface area contributed by atoms with Gasteiger partial charge in [-0.05, 0) is 31.5 Å². The highest BCUT2D eigenvalue weighted by Crippen LogP contribution is 2.39. The van der Waals surface area contributed by atoms with Crippen LogP contribution in [0.4, 0.5) is 24.9 Å². The van der Waals surface area contributed by atoms with Gasteiger partial charge in [0.05, 0.1) is 23.0 Å². The Labute approximate surface area is 190 Å². The first-order valence-corrected chi connectivity index (χ1v) is 10.3. The molecule has 12 heteroatoms. The summed E-state index contributed by atoms with van der Waals surface area (Å²) in [5, 5.41) is 14.1. The minimum atomic E-state index is -4.72. The van der Waals surface area contributed by atoms with Crippen LogP contribution in [0, 0.1) is 18.3 Å². The zero-order chi connectivity index (χ0) is 24.2. The summed E-state index contributed by atoms with van der Waals surface area (Å²) in [4.78, 5) is 23.5. The molecule has 5 rings (SSSR count). The molecule has 4 aromatic rings. The van der Waals surface area contributed by atoms with Gasteiger partial charge in [0.25, 0.3) is 5.56 Å². The summed E-state index contributed by atoms with van der Waals surface area (Å²) < 4.78 is 42.9. The van der Waals surface area contributed by atoms with Gasteiger partial charge in [0.15, 0.2) is 11.6 Å². The van der Waals surface area contributed by atoms with Crippen LogP contribution in [0.5, 0.6) is 0 Å². The summed E-state index contributed by atoms with van der Waals surface area (Å²) >= 11 is 0. The molecule has 3 aromatic heterocycles. The van der Waals surface area contributed by atoms with Crippen molar-refractivity contribution in [3.05, 3.63) is 75.6 Å². The van der Waals surface area contributed by atoms with E-state index in [9.17, 15) is 23.2 Å². The lowest BCUT2D eigenvalue weighted by atomic mass is 10.0. The third kappa shape index (κ3) is 3.24. The van der Waals surface area contributed by atoms with E-state index in [1.807, 2.05) is 0 Å². The number of nitrogen functional groups attached to an aromatic ring is 1. The van der Waals surface area contributed by atoms with Crippen LogP contribution in [0.15, 0.2) is 47.4 Å². The molecule has 1 fully saturated rings. The van der Waals surface area contributed by atoms with E-state index < -0.39 is 28.9 Å². The first-order valence-electron chi connectivity index (χ1n) is 10.3. The number of fused-ring (bicyclic) bond motifs is 1. The van der Waals surface area contributed by atoms with Gasteiger partial charge in [0, 0.05) is 12.7 Å². The van der Waals surface area contributed by atoms with E-state index in [2.05, 4.69) is 21.1 Å². The molecule has 4 heterocycles. The van der Waals surface area contributed by atoms with Crippen LogP contribution in [0.1, 0.15) is 35.1 Å². The van der Waals surface area contributed by atoms with E-state index in [0.717, 1.165) is 16.8 Å². The van der Waals surface area contributed by atoms with Crippen molar-refractivity contribution in [2.45, 2.75) is 25.6 Å². The average Bonchev–Trinajstić information content (AvgIpc) is 3.18. The van der Waals surface area contributed by atoms with E-state index in [1.165, 1.54) is 4.57 Å².